The molecule has 1 aromatic carbocycles. The number of aryl methyl sites for hydroxylation is 1. The van der Waals surface area contributed by atoms with Crippen LogP contribution in [0.1, 0.15) is 31.4 Å². The number of nitrogens with one attached hydrogen (secondary N) is 1. The zero-order chi connectivity index (χ0) is 13.6. The molecule has 98 valence electrons. The highest BCUT2D eigenvalue weighted by atomic mass is 16.3. The lowest BCUT2D eigenvalue weighted by Crippen LogP contribution is -2.47. The second-order valence-electron chi connectivity index (χ2n) is 4.75. The number of hydrogen-bond donors (Lipinski definition) is 2. The Bertz CT molecular complexity index is 434. The Balaban J connectivity index is 2.68. The van der Waals surface area contributed by atoms with Crippen LogP contribution in [0.15, 0.2) is 30.3 Å². The van der Waals surface area contributed by atoms with Gasteiger partial charge in [0, 0.05) is 6.08 Å². The minimum absolute atomic E-state index is 0.0621. The first-order valence-electron chi connectivity index (χ1n) is 6.17. The van der Waals surface area contributed by atoms with Gasteiger partial charge in [-0.2, -0.15) is 0 Å². The van der Waals surface area contributed by atoms with Gasteiger partial charge >= 0.3 is 0 Å². The SMILES string of the molecule is CCC(C)(CO)NC(=O)C=Cc1ccccc1C. The van der Waals surface area contributed by atoms with Crippen LogP contribution < -0.4 is 5.32 Å². The molecular formula is C15H21NO2. The summed E-state index contributed by atoms with van der Waals surface area (Å²) < 4.78 is 0. The van der Waals surface area contributed by atoms with E-state index in [9.17, 15) is 9.90 Å². The maximum Gasteiger partial charge on any atom is 0.244 e. The molecule has 0 aliphatic heterocycles. The first-order chi connectivity index (χ1) is 8.50. The maximum absolute atomic E-state index is 11.8. The fraction of sp³-hybridized carbons (Fsp3) is 0.400. The van der Waals surface area contributed by atoms with E-state index in [0.717, 1.165) is 11.1 Å². The third kappa shape index (κ3) is 4.00. The predicted octanol–water partition coefficient (Wildman–Crippen LogP) is 2.29. The van der Waals surface area contributed by atoms with Gasteiger partial charge in [-0.05, 0) is 37.5 Å². The monoisotopic (exact) mass is 247 g/mol. The molecule has 1 amide bonds. The van der Waals surface area contributed by atoms with Crippen LogP contribution in [-0.4, -0.2) is 23.2 Å². The van der Waals surface area contributed by atoms with Crippen molar-refractivity contribution in [2.24, 2.45) is 0 Å². The maximum atomic E-state index is 11.8. The summed E-state index contributed by atoms with van der Waals surface area (Å²) >= 11 is 0. The Kier molecular flexibility index (Phi) is 5.10. The lowest BCUT2D eigenvalue weighted by Gasteiger charge is -2.26. The Morgan fingerprint density at radius 1 is 1.44 bits per heavy atom. The minimum atomic E-state index is -0.548. The van der Waals surface area contributed by atoms with Crippen LogP contribution in [0.5, 0.6) is 0 Å². The molecule has 3 heteroatoms. The van der Waals surface area contributed by atoms with Crippen LogP contribution in [0, 0.1) is 6.92 Å². The molecule has 0 saturated carbocycles. The van der Waals surface area contributed by atoms with Crippen molar-refractivity contribution in [1.82, 2.24) is 5.32 Å². The minimum Gasteiger partial charge on any atom is -0.394 e. The van der Waals surface area contributed by atoms with Crippen LogP contribution >= 0.6 is 0 Å². The average molecular weight is 247 g/mol. The Labute approximate surface area is 109 Å². The predicted molar refractivity (Wildman–Crippen MR) is 74.1 cm³/mol. The summed E-state index contributed by atoms with van der Waals surface area (Å²) in [6.07, 6.45) is 3.98. The van der Waals surface area contributed by atoms with Crippen molar-refractivity contribution in [2.75, 3.05) is 6.61 Å². The molecule has 0 radical (unpaired) electrons. The normalized spacial score (nSPS) is 14.4. The molecule has 0 spiro atoms. The number of amides is 1. The van der Waals surface area contributed by atoms with Gasteiger partial charge in [-0.25, -0.2) is 0 Å². The second-order valence-corrected chi connectivity index (χ2v) is 4.75. The van der Waals surface area contributed by atoms with Gasteiger partial charge in [-0.3, -0.25) is 4.79 Å². The van der Waals surface area contributed by atoms with Crippen molar-refractivity contribution in [3.63, 3.8) is 0 Å². The summed E-state index contributed by atoms with van der Waals surface area (Å²) in [5, 5.41) is 12.0. The molecule has 18 heavy (non-hydrogen) atoms. The van der Waals surface area contributed by atoms with Crippen molar-refractivity contribution >= 4 is 12.0 Å². The fourth-order valence-electron chi connectivity index (χ4n) is 1.52. The van der Waals surface area contributed by atoms with Crippen molar-refractivity contribution in [3.05, 3.63) is 41.5 Å². The van der Waals surface area contributed by atoms with Crippen molar-refractivity contribution in [1.29, 1.82) is 0 Å². The van der Waals surface area contributed by atoms with Crippen molar-refractivity contribution in [3.8, 4) is 0 Å². The summed E-state index contributed by atoms with van der Waals surface area (Å²) in [6, 6.07) is 7.87. The standard InChI is InChI=1S/C15H21NO2/c1-4-15(3,11-17)16-14(18)10-9-13-8-6-5-7-12(13)2/h5-10,17H,4,11H2,1-3H3,(H,16,18). The van der Waals surface area contributed by atoms with Crippen LogP contribution in [0.2, 0.25) is 0 Å². The largest absolute Gasteiger partial charge is 0.394 e. The van der Waals surface area contributed by atoms with Gasteiger partial charge in [0.05, 0.1) is 12.1 Å². The van der Waals surface area contributed by atoms with Crippen LogP contribution in [0.4, 0.5) is 0 Å². The van der Waals surface area contributed by atoms with E-state index in [1.54, 1.807) is 6.08 Å². The van der Waals surface area contributed by atoms with Gasteiger partial charge in [0.2, 0.25) is 5.91 Å². The molecule has 0 saturated heterocycles. The summed E-state index contributed by atoms with van der Waals surface area (Å²) in [5.74, 6) is -0.184. The molecule has 2 N–H and O–H groups in total. The summed E-state index contributed by atoms with van der Waals surface area (Å²) in [6.45, 7) is 5.70. The number of aliphatic hydroxyl groups is 1. The number of benzene rings is 1. The van der Waals surface area contributed by atoms with Gasteiger partial charge in [-0.1, -0.05) is 31.2 Å². The Hall–Kier alpha value is -1.61. The molecule has 1 aromatic rings. The van der Waals surface area contributed by atoms with Crippen molar-refractivity contribution in [2.45, 2.75) is 32.7 Å². The van der Waals surface area contributed by atoms with E-state index in [0.29, 0.717) is 6.42 Å². The third-order valence-corrected chi connectivity index (χ3v) is 3.16. The zero-order valence-electron chi connectivity index (χ0n) is 11.2. The van der Waals surface area contributed by atoms with E-state index < -0.39 is 5.54 Å². The molecule has 1 rings (SSSR count). The van der Waals surface area contributed by atoms with E-state index in [2.05, 4.69) is 5.32 Å². The third-order valence-electron chi connectivity index (χ3n) is 3.16. The molecule has 0 aliphatic rings. The van der Waals surface area contributed by atoms with Gasteiger partial charge < -0.3 is 10.4 Å². The van der Waals surface area contributed by atoms with Gasteiger partial charge in [0.25, 0.3) is 0 Å². The van der Waals surface area contributed by atoms with E-state index in [4.69, 9.17) is 0 Å². The van der Waals surface area contributed by atoms with Crippen LogP contribution in [-0.2, 0) is 4.79 Å². The van der Waals surface area contributed by atoms with Crippen molar-refractivity contribution < 1.29 is 9.90 Å². The number of aliphatic hydroxyl groups excluding tert-OH is 1. The van der Waals surface area contributed by atoms with Gasteiger partial charge in [-0.15, -0.1) is 0 Å². The fourth-order valence-corrected chi connectivity index (χ4v) is 1.52. The Morgan fingerprint density at radius 2 is 2.11 bits per heavy atom. The van der Waals surface area contributed by atoms with E-state index in [-0.39, 0.29) is 12.5 Å². The van der Waals surface area contributed by atoms with E-state index in [1.807, 2.05) is 45.0 Å². The zero-order valence-corrected chi connectivity index (χ0v) is 11.2. The van der Waals surface area contributed by atoms with E-state index >= 15 is 0 Å². The van der Waals surface area contributed by atoms with Crippen LogP contribution in [0.3, 0.4) is 0 Å². The smallest absolute Gasteiger partial charge is 0.244 e. The molecular weight excluding hydrogens is 226 g/mol. The lowest BCUT2D eigenvalue weighted by atomic mass is 10.0. The average Bonchev–Trinajstić information content (AvgIpc) is 2.37. The number of rotatable bonds is 5. The Morgan fingerprint density at radius 3 is 2.67 bits per heavy atom. The summed E-state index contributed by atoms with van der Waals surface area (Å²) in [5.41, 5.74) is 1.60. The lowest BCUT2D eigenvalue weighted by molar-refractivity contribution is -0.118. The number of carbonyl (C=O) groups is 1. The number of carbonyl (C=O) groups excluding carboxylic acids is 1. The molecule has 0 bridgehead atoms. The highest BCUT2D eigenvalue weighted by Gasteiger charge is 2.21. The topological polar surface area (TPSA) is 49.3 Å². The highest BCUT2D eigenvalue weighted by molar-refractivity contribution is 5.92. The first kappa shape index (κ1) is 14.5. The molecule has 3 nitrogen and oxygen atoms in total. The summed E-state index contributed by atoms with van der Waals surface area (Å²) in [4.78, 5) is 11.8. The van der Waals surface area contributed by atoms with Gasteiger partial charge in [0.1, 0.15) is 0 Å². The molecule has 0 fully saturated rings. The second kappa shape index (κ2) is 6.36. The summed E-state index contributed by atoms with van der Waals surface area (Å²) in [7, 11) is 0. The highest BCUT2D eigenvalue weighted by Crippen LogP contribution is 2.10. The van der Waals surface area contributed by atoms with Crippen LogP contribution in [0.25, 0.3) is 6.08 Å². The number of hydrogen-bond acceptors (Lipinski definition) is 2. The molecule has 1 atom stereocenters. The molecule has 0 aromatic heterocycles. The first-order valence-corrected chi connectivity index (χ1v) is 6.17. The van der Waals surface area contributed by atoms with Gasteiger partial charge in [0.15, 0.2) is 0 Å². The quantitative estimate of drug-likeness (QED) is 0.784. The molecule has 1 unspecified atom stereocenters. The van der Waals surface area contributed by atoms with E-state index in [1.165, 1.54) is 6.08 Å². The molecule has 0 aliphatic carbocycles. The molecule has 0 heterocycles.